The molecular formula is C24H32N6. The fraction of sp³-hybridized carbons (Fsp3) is 0.500. The van der Waals surface area contributed by atoms with E-state index in [0.717, 1.165) is 56.9 Å². The molecule has 2 aliphatic rings. The van der Waals surface area contributed by atoms with Gasteiger partial charge in [0.25, 0.3) is 0 Å². The Bertz CT molecular complexity index is 1000. The van der Waals surface area contributed by atoms with Gasteiger partial charge in [-0.2, -0.15) is 0 Å². The molecular weight excluding hydrogens is 372 g/mol. The Balaban J connectivity index is 1.31. The third-order valence-corrected chi connectivity index (χ3v) is 6.61. The number of hydrogen-bond acceptors (Lipinski definition) is 5. The first-order chi connectivity index (χ1) is 14.7. The second-order valence-corrected chi connectivity index (χ2v) is 8.83. The predicted molar refractivity (Wildman–Crippen MR) is 121 cm³/mol. The van der Waals surface area contributed by atoms with Crippen LogP contribution in [0.2, 0.25) is 0 Å². The fourth-order valence-electron chi connectivity index (χ4n) is 4.89. The molecule has 1 aliphatic heterocycles. The van der Waals surface area contributed by atoms with Crippen molar-refractivity contribution in [3.63, 3.8) is 0 Å². The molecule has 1 N–H and O–H groups in total. The van der Waals surface area contributed by atoms with E-state index >= 15 is 0 Å². The standard InChI is InChI=1S/C24H32N6/c1-18(2)28-12-14-29(15-13-28)23-10-4-9-22-27-20(17-30(22)23)16-26-21-8-3-6-19-7-5-11-25-24(19)21/h4-5,7,9-11,17-18,21,26H,3,6,8,12-16H2,1-2H3. The van der Waals surface area contributed by atoms with Gasteiger partial charge in [-0.15, -0.1) is 0 Å². The Morgan fingerprint density at radius 1 is 1.10 bits per heavy atom. The number of rotatable bonds is 5. The minimum absolute atomic E-state index is 0.323. The molecule has 1 atom stereocenters. The molecule has 6 nitrogen and oxygen atoms in total. The van der Waals surface area contributed by atoms with Crippen molar-refractivity contribution in [1.29, 1.82) is 0 Å². The summed E-state index contributed by atoms with van der Waals surface area (Å²) in [5, 5.41) is 3.71. The van der Waals surface area contributed by atoms with Gasteiger partial charge < -0.3 is 10.2 Å². The van der Waals surface area contributed by atoms with Gasteiger partial charge in [-0.25, -0.2) is 4.98 Å². The quantitative estimate of drug-likeness (QED) is 0.706. The van der Waals surface area contributed by atoms with E-state index in [4.69, 9.17) is 4.98 Å². The van der Waals surface area contributed by atoms with E-state index in [1.54, 1.807) is 0 Å². The first-order valence-electron chi connectivity index (χ1n) is 11.3. The van der Waals surface area contributed by atoms with E-state index in [1.807, 2.05) is 12.3 Å². The Morgan fingerprint density at radius 3 is 2.80 bits per heavy atom. The second kappa shape index (κ2) is 8.36. The summed E-state index contributed by atoms with van der Waals surface area (Å²) in [5.41, 5.74) is 4.72. The molecule has 1 saturated heterocycles. The van der Waals surface area contributed by atoms with E-state index in [2.05, 4.69) is 68.8 Å². The number of imidazole rings is 1. The molecule has 1 aliphatic carbocycles. The average Bonchev–Trinajstić information content (AvgIpc) is 3.21. The van der Waals surface area contributed by atoms with Crippen molar-refractivity contribution in [2.24, 2.45) is 0 Å². The van der Waals surface area contributed by atoms with Crippen molar-refractivity contribution < 1.29 is 0 Å². The number of fused-ring (bicyclic) bond motifs is 2. The van der Waals surface area contributed by atoms with E-state index in [1.165, 1.54) is 23.5 Å². The lowest BCUT2D eigenvalue weighted by atomic mass is 9.92. The van der Waals surface area contributed by atoms with Gasteiger partial charge in [-0.05, 0) is 56.9 Å². The topological polar surface area (TPSA) is 48.7 Å². The Kier molecular flexibility index (Phi) is 5.44. The van der Waals surface area contributed by atoms with Crippen LogP contribution in [0.1, 0.15) is 49.7 Å². The zero-order valence-electron chi connectivity index (χ0n) is 18.1. The van der Waals surface area contributed by atoms with E-state index in [-0.39, 0.29) is 0 Å². The number of piperazine rings is 1. The van der Waals surface area contributed by atoms with Crippen LogP contribution in [0.15, 0.2) is 42.7 Å². The minimum Gasteiger partial charge on any atom is -0.355 e. The number of aromatic nitrogens is 3. The Hall–Kier alpha value is -2.44. The molecule has 30 heavy (non-hydrogen) atoms. The maximum absolute atomic E-state index is 4.89. The van der Waals surface area contributed by atoms with Crippen LogP contribution in [0.5, 0.6) is 0 Å². The van der Waals surface area contributed by atoms with Crippen molar-refractivity contribution in [3.05, 3.63) is 59.7 Å². The molecule has 0 spiro atoms. The van der Waals surface area contributed by atoms with E-state index < -0.39 is 0 Å². The highest BCUT2D eigenvalue weighted by Gasteiger charge is 2.22. The smallest absolute Gasteiger partial charge is 0.138 e. The fourth-order valence-corrected chi connectivity index (χ4v) is 4.89. The van der Waals surface area contributed by atoms with Gasteiger partial charge in [0, 0.05) is 51.2 Å². The molecule has 0 amide bonds. The van der Waals surface area contributed by atoms with Crippen LogP contribution >= 0.6 is 0 Å². The molecule has 0 radical (unpaired) electrons. The van der Waals surface area contributed by atoms with Gasteiger partial charge in [0.15, 0.2) is 0 Å². The van der Waals surface area contributed by atoms with Crippen LogP contribution in [0.3, 0.4) is 0 Å². The first-order valence-corrected chi connectivity index (χ1v) is 11.3. The van der Waals surface area contributed by atoms with Crippen molar-refractivity contribution in [2.45, 2.75) is 51.7 Å². The monoisotopic (exact) mass is 404 g/mol. The van der Waals surface area contributed by atoms with Crippen molar-refractivity contribution in [1.82, 2.24) is 24.6 Å². The lowest BCUT2D eigenvalue weighted by Gasteiger charge is -2.38. The van der Waals surface area contributed by atoms with Crippen LogP contribution < -0.4 is 10.2 Å². The average molecular weight is 405 g/mol. The maximum Gasteiger partial charge on any atom is 0.138 e. The summed E-state index contributed by atoms with van der Waals surface area (Å²) >= 11 is 0. The first kappa shape index (κ1) is 19.5. The molecule has 5 rings (SSSR count). The van der Waals surface area contributed by atoms with Crippen molar-refractivity contribution in [2.75, 3.05) is 31.1 Å². The van der Waals surface area contributed by atoms with E-state index in [0.29, 0.717) is 12.1 Å². The van der Waals surface area contributed by atoms with Gasteiger partial charge in [0.2, 0.25) is 0 Å². The van der Waals surface area contributed by atoms with Crippen molar-refractivity contribution >= 4 is 11.5 Å². The van der Waals surface area contributed by atoms with Crippen molar-refractivity contribution in [3.8, 4) is 0 Å². The lowest BCUT2D eigenvalue weighted by Crippen LogP contribution is -2.49. The lowest BCUT2D eigenvalue weighted by molar-refractivity contribution is 0.209. The summed E-state index contributed by atoms with van der Waals surface area (Å²) in [6, 6.07) is 11.7. The molecule has 3 aromatic heterocycles. The van der Waals surface area contributed by atoms with Gasteiger partial charge in [0.1, 0.15) is 11.5 Å². The van der Waals surface area contributed by atoms with Gasteiger partial charge >= 0.3 is 0 Å². The maximum atomic E-state index is 4.89. The largest absolute Gasteiger partial charge is 0.355 e. The number of hydrogen-bond donors (Lipinski definition) is 1. The third-order valence-electron chi connectivity index (χ3n) is 6.61. The minimum atomic E-state index is 0.323. The summed E-state index contributed by atoms with van der Waals surface area (Å²) < 4.78 is 2.26. The highest BCUT2D eigenvalue weighted by molar-refractivity contribution is 5.53. The summed E-state index contributed by atoms with van der Waals surface area (Å²) in [7, 11) is 0. The Morgan fingerprint density at radius 2 is 1.97 bits per heavy atom. The van der Waals surface area contributed by atoms with Gasteiger partial charge in [-0.1, -0.05) is 12.1 Å². The predicted octanol–water partition coefficient (Wildman–Crippen LogP) is 3.43. The van der Waals surface area contributed by atoms with Crippen LogP contribution in [-0.2, 0) is 13.0 Å². The number of nitrogens with one attached hydrogen (secondary N) is 1. The summed E-state index contributed by atoms with van der Waals surface area (Å²) in [5.74, 6) is 1.25. The zero-order valence-corrected chi connectivity index (χ0v) is 18.1. The van der Waals surface area contributed by atoms with Gasteiger partial charge in [-0.3, -0.25) is 14.3 Å². The summed E-state index contributed by atoms with van der Waals surface area (Å²) in [6.07, 6.45) is 7.61. The van der Waals surface area contributed by atoms with Crippen LogP contribution in [0.4, 0.5) is 5.82 Å². The molecule has 0 bridgehead atoms. The molecule has 4 heterocycles. The molecule has 1 unspecified atom stereocenters. The number of aryl methyl sites for hydroxylation is 1. The highest BCUT2D eigenvalue weighted by atomic mass is 15.3. The number of pyridine rings is 2. The molecule has 0 aromatic carbocycles. The SMILES string of the molecule is CC(C)N1CCN(c2cccc3nc(CNC4CCCc5cccnc54)cn23)CC1. The zero-order chi connectivity index (χ0) is 20.5. The molecule has 158 valence electrons. The molecule has 1 fully saturated rings. The molecule has 3 aromatic rings. The Labute approximate surface area is 178 Å². The number of anilines is 1. The van der Waals surface area contributed by atoms with Crippen LogP contribution in [0, 0.1) is 0 Å². The highest BCUT2D eigenvalue weighted by Crippen LogP contribution is 2.28. The van der Waals surface area contributed by atoms with E-state index in [9.17, 15) is 0 Å². The number of nitrogens with zero attached hydrogens (tertiary/aromatic N) is 5. The summed E-state index contributed by atoms with van der Waals surface area (Å²) in [4.78, 5) is 14.6. The normalized spacial score (nSPS) is 20.1. The molecule has 6 heteroatoms. The van der Waals surface area contributed by atoms with Gasteiger partial charge in [0.05, 0.1) is 17.4 Å². The third kappa shape index (κ3) is 3.82. The molecule has 0 saturated carbocycles. The van der Waals surface area contributed by atoms with Crippen LogP contribution in [-0.4, -0.2) is 51.5 Å². The second-order valence-electron chi connectivity index (χ2n) is 8.83. The van der Waals surface area contributed by atoms with Crippen LogP contribution in [0.25, 0.3) is 5.65 Å². The summed E-state index contributed by atoms with van der Waals surface area (Å²) in [6.45, 7) is 9.69.